The first-order valence-corrected chi connectivity index (χ1v) is 4.44. The maximum absolute atomic E-state index is 5.51. The maximum atomic E-state index is 5.51. The highest BCUT2D eigenvalue weighted by Gasteiger charge is 2.24. The van der Waals surface area contributed by atoms with Crippen LogP contribution in [0.5, 0.6) is 5.75 Å². The van der Waals surface area contributed by atoms with E-state index < -0.39 is 0 Å². The molecule has 0 saturated carbocycles. The summed E-state index contributed by atoms with van der Waals surface area (Å²) in [5, 5.41) is 0. The van der Waals surface area contributed by atoms with Gasteiger partial charge in [-0.15, -0.1) is 0 Å². The van der Waals surface area contributed by atoms with Gasteiger partial charge in [-0.1, -0.05) is 0 Å². The zero-order chi connectivity index (χ0) is 9.10. The minimum atomic E-state index is 0.570. The van der Waals surface area contributed by atoms with Gasteiger partial charge in [-0.2, -0.15) is 0 Å². The van der Waals surface area contributed by atoms with Crippen LogP contribution in [0.15, 0.2) is 18.7 Å². The number of hydrogen-bond acceptors (Lipinski definition) is 4. The molecule has 1 fully saturated rings. The van der Waals surface area contributed by atoms with Crippen LogP contribution in [-0.4, -0.2) is 41.1 Å². The first-order chi connectivity index (χ1) is 6.36. The zero-order valence-corrected chi connectivity index (χ0v) is 7.68. The van der Waals surface area contributed by atoms with Crippen molar-refractivity contribution >= 4 is 0 Å². The number of likely N-dealkylation sites (N-methyl/N-ethyl adjacent to an activating group) is 1. The Balaban J connectivity index is 1.80. The summed E-state index contributed by atoms with van der Waals surface area (Å²) in [6, 6.07) is 0.570. The van der Waals surface area contributed by atoms with Crippen LogP contribution in [-0.2, 0) is 0 Å². The summed E-state index contributed by atoms with van der Waals surface area (Å²) >= 11 is 0. The molecule has 1 aromatic heterocycles. The van der Waals surface area contributed by atoms with Crippen LogP contribution in [0.2, 0.25) is 0 Å². The topological polar surface area (TPSA) is 38.2 Å². The minimum Gasteiger partial charge on any atom is -0.489 e. The van der Waals surface area contributed by atoms with Gasteiger partial charge >= 0.3 is 0 Å². The van der Waals surface area contributed by atoms with Gasteiger partial charge in [0.2, 0.25) is 0 Å². The van der Waals surface area contributed by atoms with E-state index in [9.17, 15) is 0 Å². The van der Waals surface area contributed by atoms with Crippen molar-refractivity contribution in [2.45, 2.75) is 12.5 Å². The molecule has 4 nitrogen and oxygen atoms in total. The smallest absolute Gasteiger partial charge is 0.155 e. The van der Waals surface area contributed by atoms with Gasteiger partial charge in [0, 0.05) is 6.04 Å². The molecule has 13 heavy (non-hydrogen) atoms. The molecule has 2 heterocycles. The van der Waals surface area contributed by atoms with Gasteiger partial charge in [0.25, 0.3) is 0 Å². The molecule has 1 aliphatic heterocycles. The number of likely N-dealkylation sites (tertiary alicyclic amines) is 1. The lowest BCUT2D eigenvalue weighted by Gasteiger charge is -2.37. The summed E-state index contributed by atoms with van der Waals surface area (Å²) in [4.78, 5) is 10.0. The van der Waals surface area contributed by atoms with E-state index in [4.69, 9.17) is 4.74 Å². The fourth-order valence-corrected chi connectivity index (χ4v) is 1.33. The predicted octanol–water partition coefficient (Wildman–Crippen LogP) is 0.559. The SMILES string of the molecule is CN1CC[C@H]1COc1cncnc1. The Morgan fingerprint density at radius 3 is 2.85 bits per heavy atom. The molecular formula is C9H13N3O. The quantitative estimate of drug-likeness (QED) is 0.679. The predicted molar refractivity (Wildman–Crippen MR) is 48.6 cm³/mol. The molecule has 0 unspecified atom stereocenters. The fourth-order valence-electron chi connectivity index (χ4n) is 1.33. The average Bonchev–Trinajstić information content (AvgIpc) is 2.17. The second-order valence-corrected chi connectivity index (χ2v) is 3.31. The maximum Gasteiger partial charge on any atom is 0.155 e. The summed E-state index contributed by atoms with van der Waals surface area (Å²) in [6.07, 6.45) is 6.10. The van der Waals surface area contributed by atoms with Crippen molar-refractivity contribution in [2.24, 2.45) is 0 Å². The van der Waals surface area contributed by atoms with Crippen LogP contribution in [0.3, 0.4) is 0 Å². The van der Waals surface area contributed by atoms with E-state index in [1.165, 1.54) is 19.3 Å². The second kappa shape index (κ2) is 3.70. The first-order valence-electron chi connectivity index (χ1n) is 4.44. The molecule has 1 aliphatic rings. The molecule has 0 aliphatic carbocycles. The van der Waals surface area contributed by atoms with Crippen molar-refractivity contribution in [3.05, 3.63) is 18.7 Å². The fraction of sp³-hybridized carbons (Fsp3) is 0.556. The lowest BCUT2D eigenvalue weighted by Crippen LogP contribution is -2.48. The Bertz CT molecular complexity index is 265. The molecule has 0 aromatic carbocycles. The molecule has 1 atom stereocenters. The van der Waals surface area contributed by atoms with Crippen LogP contribution in [0.1, 0.15) is 6.42 Å². The van der Waals surface area contributed by atoms with E-state index in [2.05, 4.69) is 21.9 Å². The third-order valence-electron chi connectivity index (χ3n) is 2.42. The number of hydrogen-bond donors (Lipinski definition) is 0. The van der Waals surface area contributed by atoms with E-state index in [-0.39, 0.29) is 0 Å². The third kappa shape index (κ3) is 1.95. The van der Waals surface area contributed by atoms with Crippen molar-refractivity contribution in [3.8, 4) is 5.75 Å². The normalized spacial score (nSPS) is 22.4. The highest BCUT2D eigenvalue weighted by atomic mass is 16.5. The van der Waals surface area contributed by atoms with Gasteiger partial charge in [-0.25, -0.2) is 9.97 Å². The minimum absolute atomic E-state index is 0.570. The van der Waals surface area contributed by atoms with E-state index in [0.717, 1.165) is 12.4 Å². The Morgan fingerprint density at radius 1 is 1.54 bits per heavy atom. The summed E-state index contributed by atoms with van der Waals surface area (Å²) < 4.78 is 5.51. The Hall–Kier alpha value is -1.16. The Morgan fingerprint density at radius 2 is 2.31 bits per heavy atom. The number of nitrogens with zero attached hydrogens (tertiary/aromatic N) is 3. The molecule has 1 saturated heterocycles. The summed E-state index contributed by atoms with van der Waals surface area (Å²) in [6.45, 7) is 1.92. The average molecular weight is 179 g/mol. The van der Waals surface area contributed by atoms with E-state index >= 15 is 0 Å². The van der Waals surface area contributed by atoms with Gasteiger partial charge in [0.15, 0.2) is 5.75 Å². The van der Waals surface area contributed by atoms with Crippen molar-refractivity contribution < 1.29 is 4.74 Å². The van der Waals surface area contributed by atoms with Crippen LogP contribution >= 0.6 is 0 Å². The largest absolute Gasteiger partial charge is 0.489 e. The van der Waals surface area contributed by atoms with Crippen LogP contribution in [0.25, 0.3) is 0 Å². The van der Waals surface area contributed by atoms with Crippen molar-refractivity contribution in [3.63, 3.8) is 0 Å². The highest BCUT2D eigenvalue weighted by molar-refractivity contribution is 5.10. The molecule has 0 amide bonds. The van der Waals surface area contributed by atoms with Gasteiger partial charge in [0.1, 0.15) is 12.9 Å². The van der Waals surface area contributed by atoms with Gasteiger partial charge in [0.05, 0.1) is 12.4 Å². The molecule has 0 N–H and O–H groups in total. The zero-order valence-electron chi connectivity index (χ0n) is 7.68. The summed E-state index contributed by atoms with van der Waals surface area (Å²) in [5.41, 5.74) is 0. The van der Waals surface area contributed by atoms with Crippen molar-refractivity contribution in [1.82, 2.24) is 14.9 Å². The summed E-state index contributed by atoms with van der Waals surface area (Å²) in [5.74, 6) is 0.753. The van der Waals surface area contributed by atoms with E-state index in [1.807, 2.05) is 0 Å². The van der Waals surface area contributed by atoms with Crippen LogP contribution < -0.4 is 4.74 Å². The van der Waals surface area contributed by atoms with Gasteiger partial charge in [-0.3, -0.25) is 4.90 Å². The molecule has 1 aromatic rings. The third-order valence-corrected chi connectivity index (χ3v) is 2.42. The monoisotopic (exact) mass is 179 g/mol. The standard InChI is InChI=1S/C9H13N3O/c1-12-3-2-8(12)6-13-9-4-10-7-11-5-9/h4-5,7-8H,2-3,6H2,1H3/t8-/m0/s1. The number of rotatable bonds is 3. The van der Waals surface area contributed by atoms with Gasteiger partial charge < -0.3 is 4.74 Å². The molecular weight excluding hydrogens is 166 g/mol. The molecule has 0 radical (unpaired) electrons. The molecule has 4 heteroatoms. The molecule has 0 bridgehead atoms. The van der Waals surface area contributed by atoms with Crippen LogP contribution in [0, 0.1) is 0 Å². The molecule has 0 spiro atoms. The van der Waals surface area contributed by atoms with Crippen molar-refractivity contribution in [2.75, 3.05) is 20.2 Å². The van der Waals surface area contributed by atoms with E-state index in [0.29, 0.717) is 6.04 Å². The number of aromatic nitrogens is 2. The summed E-state index contributed by atoms with van der Waals surface area (Å²) in [7, 11) is 2.11. The van der Waals surface area contributed by atoms with Crippen molar-refractivity contribution in [1.29, 1.82) is 0 Å². The molecule has 70 valence electrons. The lowest BCUT2D eigenvalue weighted by molar-refractivity contribution is 0.0766. The van der Waals surface area contributed by atoms with E-state index in [1.54, 1.807) is 12.4 Å². The Kier molecular flexibility index (Phi) is 2.40. The number of ether oxygens (including phenoxy) is 1. The lowest BCUT2D eigenvalue weighted by atomic mass is 10.1. The highest BCUT2D eigenvalue weighted by Crippen LogP contribution is 2.15. The van der Waals surface area contributed by atoms with Crippen LogP contribution in [0.4, 0.5) is 0 Å². The second-order valence-electron chi connectivity index (χ2n) is 3.31. The molecule has 2 rings (SSSR count). The Labute approximate surface area is 77.6 Å². The van der Waals surface area contributed by atoms with Gasteiger partial charge in [-0.05, 0) is 20.0 Å². The first kappa shape index (κ1) is 8.44.